The fourth-order valence-electron chi connectivity index (χ4n) is 8.34. The Balaban J connectivity index is 0.00000140. The van der Waals surface area contributed by atoms with E-state index in [9.17, 15) is 47.1 Å². The van der Waals surface area contributed by atoms with Crippen molar-refractivity contribution in [3.63, 3.8) is 0 Å². The summed E-state index contributed by atoms with van der Waals surface area (Å²) >= 11 is 16.5. The fourth-order valence-corrected chi connectivity index (χ4v) is 8.89. The van der Waals surface area contributed by atoms with Crippen molar-refractivity contribution < 1.29 is 75.6 Å². The summed E-state index contributed by atoms with van der Waals surface area (Å²) < 4.78 is 56.9. The van der Waals surface area contributed by atoms with Crippen molar-refractivity contribution >= 4 is 94.7 Å². The lowest BCUT2D eigenvalue weighted by Gasteiger charge is -2.22. The van der Waals surface area contributed by atoms with Crippen LogP contribution in [0, 0.1) is 34.3 Å². The van der Waals surface area contributed by atoms with Gasteiger partial charge in [-0.2, -0.15) is 25.5 Å². The molecule has 0 aliphatic heterocycles. The summed E-state index contributed by atoms with van der Waals surface area (Å²) in [6.45, 7) is 29.5. The molecule has 0 saturated carbocycles. The Morgan fingerprint density at radius 3 is 1.22 bits per heavy atom. The van der Waals surface area contributed by atoms with Gasteiger partial charge in [-0.3, -0.25) is 9.59 Å². The van der Waals surface area contributed by atoms with Gasteiger partial charge in [-0.05, 0) is 148 Å². The normalized spacial score (nSPS) is 11.8. The first-order chi connectivity index (χ1) is 57.4. The van der Waals surface area contributed by atoms with Crippen molar-refractivity contribution in [3.05, 3.63) is 195 Å². The first-order valence-electron chi connectivity index (χ1n) is 38.7. The molecule has 0 aliphatic rings. The molecule has 0 unspecified atom stereocenters. The van der Waals surface area contributed by atoms with Crippen LogP contribution in [-0.2, 0) is 57.8 Å². The molecule has 39 heteroatoms. The summed E-state index contributed by atoms with van der Waals surface area (Å²) in [5.41, 5.74) is 34.4. The summed E-state index contributed by atoms with van der Waals surface area (Å²) in [6, 6.07) is 39.5. The summed E-state index contributed by atoms with van der Waals surface area (Å²) in [5.74, 6) is -2.48. The van der Waals surface area contributed by atoms with Gasteiger partial charge in [0.2, 0.25) is 11.8 Å². The average molecular weight is 1770 g/mol. The van der Waals surface area contributed by atoms with E-state index >= 15 is 0 Å². The molecule has 6 atom stereocenters. The number of rotatable bonds is 27. The van der Waals surface area contributed by atoms with E-state index in [1.54, 1.807) is 73.0 Å². The zero-order chi connectivity index (χ0) is 92.6. The maximum Gasteiger partial charge on any atom is 0.408 e. The number of anilines is 2. The number of alkyl carbamates (subject to hydrolysis) is 6. The molecule has 0 bridgehead atoms. The number of pyridine rings is 2. The zero-order valence-corrected chi connectivity index (χ0v) is 73.9. The molecule has 0 fully saturated rings. The largest absolute Gasteiger partial charge is 0.445 e. The highest BCUT2D eigenvalue weighted by molar-refractivity contribution is 6.33. The van der Waals surface area contributed by atoms with Crippen LogP contribution in [0.15, 0.2) is 140 Å². The second-order valence-electron chi connectivity index (χ2n) is 28.8. The topological polar surface area (TPSA) is 536 Å². The Morgan fingerprint density at radius 2 is 0.869 bits per heavy atom. The standard InChI is InChI=1S/C17H26N2O4.C15H20ClFN4O2.C12H16N2O3.C12H18N2O2.C9H20N2O2.C8H8N4.C6HCl2FN2.C4H10N2O/c1-5-14(11-18-15(20)23-17(2,3)4)19-16(21)22-12-13-9-7-6-8-10-13;1-5-10(8-19-14(22)23-15(2,3)4)20-13-11(17)6-9(7-18)12(16)21-13;1-2-10(11(13)15)14-12(16)17-8-9-6-4-3-5-7-9;1-2-11(8-13)14-12(15)16-9-10-6-4-3-5-7-10;1-5-7(10)6-11-8(12)13-9(2,3)4;9-7-2-1-3-8(6-7)12-10-4-5-11-12;7-5-3(2-10)1-4(9)6(8)11-5;1-2-3(5)4(6)7/h6-10,14H,5,11-12H2,1-4H3,(H,18,20)(H,19,21);6,10H,5,8H2,1-4H3,(H,19,22)(H,20,21);3-7,10H,2,8H2,1H3,(H2,13,15)(H,14,16);3-7,11H,2,8-9,13H2,1H3,(H,14,15);7H,5-6,10H2,1-4H3,(H,11,12);1-6H,9H2;1H;3H,2,5H2,1H3,(H2,6,7)/t14-;2*10-;11-;7-;;;3-/m11111..1/s1. The van der Waals surface area contributed by atoms with Gasteiger partial charge in [-0.15, -0.1) is 0 Å². The summed E-state index contributed by atoms with van der Waals surface area (Å²) in [4.78, 5) is 98.5. The van der Waals surface area contributed by atoms with Crippen molar-refractivity contribution in [2.24, 2.45) is 28.7 Å². The van der Waals surface area contributed by atoms with E-state index in [4.69, 9.17) is 108 Å². The van der Waals surface area contributed by atoms with Gasteiger partial charge in [-0.25, -0.2) is 47.5 Å². The van der Waals surface area contributed by atoms with Crippen molar-refractivity contribution in [1.29, 1.82) is 10.5 Å². The molecule has 8 amide bonds. The van der Waals surface area contributed by atoms with Crippen LogP contribution in [0.2, 0.25) is 15.5 Å². The number of nitrogen functional groups attached to an aromatic ring is 1. The Bertz CT molecular complexity index is 4310. The molecule has 0 saturated heterocycles. The van der Waals surface area contributed by atoms with Crippen LogP contribution in [0.3, 0.4) is 0 Å². The molecular weight excluding hydrogens is 1650 g/mol. The summed E-state index contributed by atoms with van der Waals surface area (Å²) in [6.07, 6.45) is 4.21. The number of aromatic nitrogens is 5. The molecule has 0 spiro atoms. The monoisotopic (exact) mass is 1760 g/mol. The molecule has 122 heavy (non-hydrogen) atoms. The van der Waals surface area contributed by atoms with Crippen molar-refractivity contribution in [3.8, 4) is 17.8 Å². The van der Waals surface area contributed by atoms with Crippen LogP contribution in [0.4, 0.5) is 49.1 Å². The van der Waals surface area contributed by atoms with Gasteiger partial charge in [0.25, 0.3) is 0 Å². The molecule has 4 aromatic carbocycles. The van der Waals surface area contributed by atoms with E-state index in [2.05, 4.69) is 57.4 Å². The van der Waals surface area contributed by atoms with Crippen molar-refractivity contribution in [2.75, 3.05) is 37.2 Å². The number of ether oxygens (including phenoxy) is 6. The number of hydrogen-bond donors (Lipinski definition) is 13. The Labute approximate surface area is 727 Å². The van der Waals surface area contributed by atoms with Gasteiger partial charge < -0.3 is 100 Å². The minimum Gasteiger partial charge on any atom is -0.445 e. The van der Waals surface area contributed by atoms with Gasteiger partial charge in [0.15, 0.2) is 22.6 Å². The third kappa shape index (κ3) is 53.6. The van der Waals surface area contributed by atoms with Crippen LogP contribution in [0.5, 0.6) is 0 Å². The van der Waals surface area contributed by atoms with Gasteiger partial charge in [0.1, 0.15) is 65.1 Å². The van der Waals surface area contributed by atoms with Gasteiger partial charge >= 0.3 is 36.6 Å². The summed E-state index contributed by atoms with van der Waals surface area (Å²) in [5, 5.41) is 43.1. The number of carbonyl (C=O) groups is 8. The highest BCUT2D eigenvalue weighted by Gasteiger charge is 2.23. The lowest BCUT2D eigenvalue weighted by Crippen LogP contribution is -2.44. The number of nitrogens with zero attached hydrogens (tertiary/aromatic N) is 7. The van der Waals surface area contributed by atoms with Crippen LogP contribution >= 0.6 is 34.8 Å². The predicted molar refractivity (Wildman–Crippen MR) is 465 cm³/mol. The minimum atomic E-state index is -0.743. The Morgan fingerprint density at radius 1 is 0.475 bits per heavy atom. The average Bonchev–Trinajstić information content (AvgIpc) is 1.28. The SMILES string of the molecule is CC[C@@H](N)C(N)=O.CC[C@@H](N)CNC(=O)OC(C)(C)C.CC[C@@H](NC(=O)OCc1ccccc1)C(N)=O.CC[C@H](CN)NC(=O)OCc1ccccc1.CC[C@H](CNC(=O)OC(C)(C)C)NC(=O)OCc1ccccc1.CC[C@H](CNC(=O)OC(C)(C)C)Nc1nc(Cl)c(C#N)cc1F.N#Cc1cc(F)c(Cl)nc1Cl.Nc1cccc(-n2nccn2)c1. The quantitative estimate of drug-likeness (QED) is 0.0129. The maximum atomic E-state index is 13.9. The molecule has 670 valence electrons. The lowest BCUT2D eigenvalue weighted by molar-refractivity contribution is -0.120. The molecule has 19 N–H and O–H groups in total. The fraction of sp³-hybridized carbons (Fsp3) is 0.446. The number of nitrogens with one attached hydrogen (secondary N) is 7. The second kappa shape index (κ2) is 60.5. The van der Waals surface area contributed by atoms with Crippen molar-refractivity contribution in [1.82, 2.24) is 56.9 Å². The van der Waals surface area contributed by atoms with E-state index in [0.717, 1.165) is 47.4 Å². The number of amides is 8. The van der Waals surface area contributed by atoms with Crippen LogP contribution in [-0.4, -0.2) is 153 Å². The molecular formula is C83H119Cl3F2N20O14. The second-order valence-corrected chi connectivity index (χ2v) is 29.9. The third-order valence-corrected chi connectivity index (χ3v) is 15.9. The number of carbonyl (C=O) groups excluding carboxylic acids is 8. The molecule has 3 heterocycles. The van der Waals surface area contributed by atoms with E-state index < -0.39 is 88.9 Å². The van der Waals surface area contributed by atoms with Crippen LogP contribution < -0.4 is 71.6 Å². The number of primary amides is 2. The first-order valence-corrected chi connectivity index (χ1v) is 39.8. The smallest absolute Gasteiger partial charge is 0.408 e. The highest BCUT2D eigenvalue weighted by Crippen LogP contribution is 2.22. The summed E-state index contributed by atoms with van der Waals surface area (Å²) in [7, 11) is 0. The van der Waals surface area contributed by atoms with Gasteiger partial charge in [0, 0.05) is 56.0 Å². The Kier molecular flexibility index (Phi) is 54.6. The number of benzene rings is 4. The van der Waals surface area contributed by atoms with Gasteiger partial charge in [-0.1, -0.05) is 173 Å². The molecule has 0 radical (unpaired) electrons. The molecule has 3 aromatic heterocycles. The molecule has 34 nitrogen and oxygen atoms in total. The van der Waals surface area contributed by atoms with E-state index in [-0.39, 0.29) is 89.5 Å². The van der Waals surface area contributed by atoms with Gasteiger partial charge in [0.05, 0.1) is 35.2 Å². The third-order valence-electron chi connectivity index (χ3n) is 15.0. The number of hydrogen-bond acceptors (Lipinski definition) is 25. The number of nitriles is 2. The number of nitrogens with two attached hydrogens (primary N) is 6. The zero-order valence-electron chi connectivity index (χ0n) is 71.6. The minimum absolute atomic E-state index is 0.00696. The van der Waals surface area contributed by atoms with E-state index in [0.29, 0.717) is 44.5 Å². The Hall–Kier alpha value is -11.9. The lowest BCUT2D eigenvalue weighted by atomic mass is 10.2. The molecule has 7 aromatic rings. The molecule has 7 rings (SSSR count). The van der Waals surface area contributed by atoms with E-state index in [1.165, 1.54) is 4.80 Å². The van der Waals surface area contributed by atoms with E-state index in [1.807, 2.05) is 171 Å². The van der Waals surface area contributed by atoms with Crippen LogP contribution in [0.25, 0.3) is 5.69 Å². The highest BCUT2D eigenvalue weighted by atomic mass is 35.5. The molecule has 0 aliphatic carbocycles. The van der Waals surface area contributed by atoms with Crippen molar-refractivity contribution in [2.45, 2.75) is 215 Å². The predicted octanol–water partition coefficient (Wildman–Crippen LogP) is 13.2. The van der Waals surface area contributed by atoms with Crippen LogP contribution in [0.1, 0.15) is 170 Å². The number of halogens is 5. The maximum absolute atomic E-state index is 13.9. The first kappa shape index (κ1) is 110.